The van der Waals surface area contributed by atoms with Crippen molar-refractivity contribution in [1.82, 2.24) is 4.90 Å². The van der Waals surface area contributed by atoms with E-state index >= 15 is 0 Å². The molecule has 0 aromatic rings. The molecule has 88 valence electrons. The number of carbonyl (C=O) groups excluding carboxylic acids is 1. The third-order valence-corrected chi connectivity index (χ3v) is 4.06. The maximum atomic E-state index is 11.6. The summed E-state index contributed by atoms with van der Waals surface area (Å²) in [5, 5.41) is 8.80. The molecule has 0 aliphatic heterocycles. The monoisotopic (exact) mass is 235 g/mol. The van der Waals surface area contributed by atoms with Crippen LogP contribution >= 0.6 is 0 Å². The van der Waals surface area contributed by atoms with Crippen molar-refractivity contribution in [3.63, 3.8) is 0 Å². The van der Waals surface area contributed by atoms with Crippen LogP contribution in [-0.4, -0.2) is 50.2 Å². The average Bonchev–Trinajstić information content (AvgIpc) is 2.15. The van der Waals surface area contributed by atoms with Crippen LogP contribution in [0.2, 0.25) is 0 Å². The van der Waals surface area contributed by atoms with E-state index in [9.17, 15) is 13.8 Å². The number of hydrogen-bond donors (Lipinski definition) is 1. The van der Waals surface area contributed by atoms with Gasteiger partial charge < -0.3 is 10.0 Å². The molecule has 0 spiro atoms. The number of carbonyl (C=O) groups is 2. The largest absolute Gasteiger partial charge is 0.480 e. The van der Waals surface area contributed by atoms with Gasteiger partial charge in [0.05, 0.1) is 0 Å². The Balaban J connectivity index is 4.51. The van der Waals surface area contributed by atoms with Gasteiger partial charge >= 0.3 is 5.97 Å². The fraction of sp³-hybridized carbons (Fsp3) is 0.778. The number of nitrogens with zero attached hydrogens (tertiary/aromatic N) is 1. The summed E-state index contributed by atoms with van der Waals surface area (Å²) in [7, 11) is -0.113. The zero-order valence-electron chi connectivity index (χ0n) is 9.44. The normalized spacial score (nSPS) is 13.3. The van der Waals surface area contributed by atoms with Gasteiger partial charge in [0.25, 0.3) is 0 Å². The molecule has 0 heterocycles. The molecule has 0 saturated carbocycles. The zero-order valence-corrected chi connectivity index (χ0v) is 10.3. The topological polar surface area (TPSA) is 74.7 Å². The minimum atomic E-state index is -1.70. The predicted octanol–water partition coefficient (Wildman–Crippen LogP) is 0.0766. The first-order chi connectivity index (χ1) is 6.73. The molecule has 0 radical (unpaired) electrons. The Bertz CT molecular complexity index is 288. The van der Waals surface area contributed by atoms with Gasteiger partial charge in [-0.25, -0.2) is 0 Å². The Labute approximate surface area is 91.9 Å². The van der Waals surface area contributed by atoms with Crippen molar-refractivity contribution in [3.8, 4) is 0 Å². The molecule has 1 amide bonds. The Kier molecular flexibility index (Phi) is 4.93. The van der Waals surface area contributed by atoms with Crippen LogP contribution in [0.3, 0.4) is 0 Å². The van der Waals surface area contributed by atoms with Gasteiger partial charge in [0.15, 0.2) is 0 Å². The molecule has 0 aliphatic rings. The molecule has 5 nitrogen and oxygen atoms in total. The lowest BCUT2D eigenvalue weighted by Crippen LogP contribution is -2.42. The second-order valence-electron chi connectivity index (χ2n) is 3.71. The third kappa shape index (κ3) is 3.62. The molecule has 0 rings (SSSR count). The lowest BCUT2D eigenvalue weighted by atomic mass is 10.2. The van der Waals surface area contributed by atoms with Crippen LogP contribution in [-0.2, 0) is 20.4 Å². The number of carboxylic acid groups (broad SMARTS) is 1. The predicted molar refractivity (Wildman–Crippen MR) is 58.0 cm³/mol. The van der Waals surface area contributed by atoms with Gasteiger partial charge in [-0.05, 0) is 20.8 Å². The molecular formula is C9H17NO4S. The number of rotatable bonds is 5. The van der Waals surface area contributed by atoms with E-state index in [2.05, 4.69) is 0 Å². The smallest absolute Gasteiger partial charge is 0.321 e. The first-order valence-corrected chi connectivity index (χ1v) is 5.91. The SMILES string of the molecule is CCN(C)C(=O)CS(=O)C(C)(C)C(=O)O. The van der Waals surface area contributed by atoms with E-state index in [1.54, 1.807) is 14.0 Å². The molecule has 6 heteroatoms. The Morgan fingerprint density at radius 2 is 1.87 bits per heavy atom. The van der Waals surface area contributed by atoms with Crippen LogP contribution in [0.1, 0.15) is 20.8 Å². The maximum Gasteiger partial charge on any atom is 0.321 e. The van der Waals surface area contributed by atoms with Crippen LogP contribution in [0.4, 0.5) is 0 Å². The minimum Gasteiger partial charge on any atom is -0.480 e. The highest BCUT2D eigenvalue weighted by Gasteiger charge is 2.35. The van der Waals surface area contributed by atoms with E-state index in [0.29, 0.717) is 6.54 Å². The van der Waals surface area contributed by atoms with E-state index in [0.717, 1.165) is 0 Å². The minimum absolute atomic E-state index is 0.246. The van der Waals surface area contributed by atoms with E-state index in [1.807, 2.05) is 0 Å². The molecule has 1 atom stereocenters. The van der Waals surface area contributed by atoms with Crippen molar-refractivity contribution in [2.75, 3.05) is 19.3 Å². The fourth-order valence-electron chi connectivity index (χ4n) is 0.676. The molecule has 0 bridgehead atoms. The summed E-state index contributed by atoms with van der Waals surface area (Å²) in [5.41, 5.74) is 0. The number of amides is 1. The Hall–Kier alpha value is -0.910. The van der Waals surface area contributed by atoms with Crippen molar-refractivity contribution in [2.45, 2.75) is 25.5 Å². The van der Waals surface area contributed by atoms with Crippen LogP contribution < -0.4 is 0 Å². The molecule has 0 aromatic heterocycles. The van der Waals surface area contributed by atoms with Crippen molar-refractivity contribution >= 4 is 22.7 Å². The quantitative estimate of drug-likeness (QED) is 0.732. The van der Waals surface area contributed by atoms with Crippen LogP contribution in [0.15, 0.2) is 0 Å². The number of aliphatic carboxylic acids is 1. The first kappa shape index (κ1) is 14.1. The van der Waals surface area contributed by atoms with Gasteiger partial charge in [-0.2, -0.15) is 0 Å². The molecule has 1 unspecified atom stereocenters. The summed E-state index contributed by atoms with van der Waals surface area (Å²) in [5.74, 6) is -1.71. The lowest BCUT2D eigenvalue weighted by molar-refractivity contribution is -0.139. The van der Waals surface area contributed by atoms with Crippen LogP contribution in [0.5, 0.6) is 0 Å². The summed E-state index contributed by atoms with van der Waals surface area (Å²) < 4.78 is 10.2. The standard InChI is InChI=1S/C9H17NO4S/c1-5-10(4)7(11)6-15(14)9(2,3)8(12)13/h5-6H2,1-4H3,(H,12,13). The summed E-state index contributed by atoms with van der Waals surface area (Å²) in [6, 6.07) is 0. The number of hydrogen-bond acceptors (Lipinski definition) is 3. The Morgan fingerprint density at radius 1 is 1.40 bits per heavy atom. The second-order valence-corrected chi connectivity index (χ2v) is 5.71. The average molecular weight is 235 g/mol. The van der Waals surface area contributed by atoms with E-state index in [1.165, 1.54) is 18.7 Å². The highest BCUT2D eigenvalue weighted by Crippen LogP contribution is 2.13. The number of carboxylic acids is 1. The molecule has 0 aromatic carbocycles. The lowest BCUT2D eigenvalue weighted by Gasteiger charge is -2.20. The maximum absolute atomic E-state index is 11.6. The molecule has 0 saturated heterocycles. The van der Waals surface area contributed by atoms with Gasteiger partial charge in [-0.15, -0.1) is 0 Å². The van der Waals surface area contributed by atoms with Crippen molar-refractivity contribution in [3.05, 3.63) is 0 Å². The fourth-order valence-corrected chi connectivity index (χ4v) is 1.68. The second kappa shape index (κ2) is 5.25. The van der Waals surface area contributed by atoms with Gasteiger partial charge in [-0.1, -0.05) is 0 Å². The van der Waals surface area contributed by atoms with Crippen LogP contribution in [0.25, 0.3) is 0 Å². The van der Waals surface area contributed by atoms with Crippen molar-refractivity contribution in [1.29, 1.82) is 0 Å². The van der Waals surface area contributed by atoms with Crippen molar-refractivity contribution in [2.24, 2.45) is 0 Å². The highest BCUT2D eigenvalue weighted by molar-refractivity contribution is 7.87. The van der Waals surface area contributed by atoms with E-state index in [4.69, 9.17) is 5.11 Å². The van der Waals surface area contributed by atoms with E-state index in [-0.39, 0.29) is 11.7 Å². The molecular weight excluding hydrogens is 218 g/mol. The summed E-state index contributed by atoms with van der Waals surface area (Å²) >= 11 is 0. The summed E-state index contributed by atoms with van der Waals surface area (Å²) in [6.45, 7) is 5.02. The molecule has 15 heavy (non-hydrogen) atoms. The van der Waals surface area contributed by atoms with Gasteiger partial charge in [0.2, 0.25) is 5.91 Å². The highest BCUT2D eigenvalue weighted by atomic mass is 32.2. The molecule has 0 aliphatic carbocycles. The van der Waals surface area contributed by atoms with E-state index < -0.39 is 21.5 Å². The molecule has 1 N–H and O–H groups in total. The summed E-state index contributed by atoms with van der Waals surface area (Å²) in [6.07, 6.45) is 0. The first-order valence-electron chi connectivity index (χ1n) is 4.59. The zero-order chi connectivity index (χ0) is 12.2. The van der Waals surface area contributed by atoms with Crippen molar-refractivity contribution < 1.29 is 18.9 Å². The van der Waals surface area contributed by atoms with Gasteiger partial charge in [0, 0.05) is 24.4 Å². The van der Waals surface area contributed by atoms with Gasteiger partial charge in [-0.3, -0.25) is 13.8 Å². The van der Waals surface area contributed by atoms with Gasteiger partial charge in [0.1, 0.15) is 10.5 Å². The third-order valence-electron chi connectivity index (χ3n) is 2.24. The molecule has 0 fully saturated rings. The Morgan fingerprint density at radius 3 is 2.20 bits per heavy atom. The summed E-state index contributed by atoms with van der Waals surface area (Å²) in [4.78, 5) is 23.6. The van der Waals surface area contributed by atoms with Crippen LogP contribution in [0, 0.1) is 0 Å².